The predicted octanol–water partition coefficient (Wildman–Crippen LogP) is 2.05. The van der Waals surface area contributed by atoms with Crippen molar-refractivity contribution in [3.8, 4) is 5.75 Å². The van der Waals surface area contributed by atoms with Crippen molar-refractivity contribution in [3.63, 3.8) is 0 Å². The van der Waals surface area contributed by atoms with E-state index in [9.17, 15) is 14.0 Å². The van der Waals surface area contributed by atoms with Crippen molar-refractivity contribution in [3.05, 3.63) is 52.7 Å². The number of furan rings is 1. The first-order valence-corrected chi connectivity index (χ1v) is 7.00. The average molecular weight is 319 g/mol. The van der Waals surface area contributed by atoms with Crippen LogP contribution in [0.2, 0.25) is 0 Å². The summed E-state index contributed by atoms with van der Waals surface area (Å²) in [4.78, 5) is 23.0. The molecule has 0 saturated carbocycles. The summed E-state index contributed by atoms with van der Waals surface area (Å²) in [7, 11) is 0. The van der Waals surface area contributed by atoms with Gasteiger partial charge in [-0.05, 0) is 19.1 Å². The highest BCUT2D eigenvalue weighted by Crippen LogP contribution is 2.31. The summed E-state index contributed by atoms with van der Waals surface area (Å²) < 4.78 is 24.2. The summed E-state index contributed by atoms with van der Waals surface area (Å²) in [6.07, 6.45) is -0.520. The van der Waals surface area contributed by atoms with Gasteiger partial charge in [-0.3, -0.25) is 4.79 Å². The molecular weight excluding hydrogens is 305 g/mol. The fourth-order valence-electron chi connectivity index (χ4n) is 2.51. The lowest BCUT2D eigenvalue weighted by molar-refractivity contribution is -0.127. The van der Waals surface area contributed by atoms with Crippen LogP contribution >= 0.6 is 0 Å². The number of carboxylic acids is 1. The molecule has 1 amide bonds. The Morgan fingerprint density at radius 2 is 2.22 bits per heavy atom. The van der Waals surface area contributed by atoms with Crippen molar-refractivity contribution in [2.24, 2.45) is 0 Å². The minimum Gasteiger partial charge on any atom is -0.478 e. The van der Waals surface area contributed by atoms with Crippen LogP contribution < -0.4 is 10.1 Å². The van der Waals surface area contributed by atoms with Gasteiger partial charge in [0.15, 0.2) is 17.7 Å². The Labute approximate surface area is 130 Å². The number of carbonyl (C=O) groups excluding carboxylic acids is 1. The highest BCUT2D eigenvalue weighted by molar-refractivity contribution is 5.89. The van der Waals surface area contributed by atoms with E-state index in [4.69, 9.17) is 14.3 Å². The van der Waals surface area contributed by atoms with Crippen LogP contribution in [0.3, 0.4) is 0 Å². The number of aryl methyl sites for hydroxylation is 1. The van der Waals surface area contributed by atoms with E-state index in [0.29, 0.717) is 11.3 Å². The van der Waals surface area contributed by atoms with Crippen LogP contribution in [0.5, 0.6) is 5.75 Å². The van der Waals surface area contributed by atoms with Crippen LogP contribution in [0.25, 0.3) is 0 Å². The van der Waals surface area contributed by atoms with Gasteiger partial charge in [0.25, 0.3) is 5.91 Å². The van der Waals surface area contributed by atoms with E-state index >= 15 is 0 Å². The summed E-state index contributed by atoms with van der Waals surface area (Å²) in [5.41, 5.74) is 0.702. The maximum absolute atomic E-state index is 13.6. The van der Waals surface area contributed by atoms with E-state index in [2.05, 4.69) is 5.32 Å². The number of rotatable bonds is 4. The van der Waals surface area contributed by atoms with Gasteiger partial charge in [-0.2, -0.15) is 0 Å². The van der Waals surface area contributed by atoms with Gasteiger partial charge in [-0.25, -0.2) is 9.18 Å². The Bertz CT molecular complexity index is 783. The van der Waals surface area contributed by atoms with Gasteiger partial charge in [-0.1, -0.05) is 12.1 Å². The molecule has 120 valence electrons. The number of benzene rings is 1. The largest absolute Gasteiger partial charge is 0.478 e. The van der Waals surface area contributed by atoms with E-state index in [1.165, 1.54) is 19.1 Å². The van der Waals surface area contributed by atoms with Crippen LogP contribution in [-0.2, 0) is 17.8 Å². The van der Waals surface area contributed by atoms with Crippen molar-refractivity contribution < 1.29 is 28.2 Å². The lowest BCUT2D eigenvalue weighted by Gasteiger charge is -2.10. The number of ether oxygens (including phenoxy) is 1. The Kier molecular flexibility index (Phi) is 3.77. The van der Waals surface area contributed by atoms with Crippen molar-refractivity contribution in [1.29, 1.82) is 0 Å². The van der Waals surface area contributed by atoms with E-state index in [0.717, 1.165) is 0 Å². The molecule has 6 nitrogen and oxygen atoms in total. The maximum atomic E-state index is 13.6. The first kappa shape index (κ1) is 15.1. The van der Waals surface area contributed by atoms with Crippen molar-refractivity contribution >= 4 is 11.9 Å². The first-order chi connectivity index (χ1) is 11.0. The first-order valence-electron chi connectivity index (χ1n) is 7.00. The van der Waals surface area contributed by atoms with Crippen LogP contribution in [-0.4, -0.2) is 23.1 Å². The zero-order chi connectivity index (χ0) is 16.6. The molecule has 0 bridgehead atoms. The number of aromatic carboxylic acids is 1. The molecule has 1 aliphatic rings. The SMILES string of the molecule is Cc1oc(CNC(=O)[C@H]2Cc3cccc(F)c3O2)cc1C(=O)O. The molecule has 23 heavy (non-hydrogen) atoms. The molecule has 7 heteroatoms. The molecule has 1 atom stereocenters. The smallest absolute Gasteiger partial charge is 0.339 e. The standard InChI is InChI=1S/C16H14FNO5/c1-8-11(16(20)21)6-10(22-8)7-18-15(19)13-5-9-3-2-4-12(17)14(9)23-13/h2-4,6,13H,5,7H2,1H3,(H,18,19)(H,20,21)/t13-/m1/s1. The number of para-hydroxylation sites is 1. The quantitative estimate of drug-likeness (QED) is 0.900. The fraction of sp³-hybridized carbons (Fsp3) is 0.250. The minimum atomic E-state index is -1.09. The van der Waals surface area contributed by atoms with Crippen LogP contribution in [0, 0.1) is 12.7 Å². The Morgan fingerprint density at radius 3 is 2.87 bits per heavy atom. The Morgan fingerprint density at radius 1 is 1.43 bits per heavy atom. The third-order valence-electron chi connectivity index (χ3n) is 3.64. The molecule has 0 spiro atoms. The molecule has 2 heterocycles. The monoisotopic (exact) mass is 319 g/mol. The molecule has 1 aliphatic heterocycles. The third-order valence-corrected chi connectivity index (χ3v) is 3.64. The molecular formula is C16H14FNO5. The molecule has 0 radical (unpaired) electrons. The molecule has 1 aromatic carbocycles. The average Bonchev–Trinajstić information content (AvgIpc) is 3.09. The summed E-state index contributed by atoms with van der Waals surface area (Å²) >= 11 is 0. The second-order valence-electron chi connectivity index (χ2n) is 5.24. The van der Waals surface area contributed by atoms with Crippen LogP contribution in [0.15, 0.2) is 28.7 Å². The summed E-state index contributed by atoms with van der Waals surface area (Å²) in [6.45, 7) is 1.57. The molecule has 0 aliphatic carbocycles. The molecule has 3 rings (SSSR count). The molecule has 1 aromatic heterocycles. The summed E-state index contributed by atoms with van der Waals surface area (Å²) in [5, 5.41) is 11.6. The van der Waals surface area contributed by atoms with Crippen LogP contribution in [0.1, 0.15) is 27.4 Å². The van der Waals surface area contributed by atoms with Gasteiger partial charge in [-0.15, -0.1) is 0 Å². The van der Waals surface area contributed by atoms with Crippen molar-refractivity contribution in [2.45, 2.75) is 26.0 Å². The normalized spacial score (nSPS) is 15.8. The highest BCUT2D eigenvalue weighted by atomic mass is 19.1. The van der Waals surface area contributed by atoms with Gasteiger partial charge in [0.1, 0.15) is 17.1 Å². The summed E-state index contributed by atoms with van der Waals surface area (Å²) in [5.74, 6) is -1.29. The number of hydrogen-bond donors (Lipinski definition) is 2. The van der Waals surface area contributed by atoms with E-state index in [1.54, 1.807) is 12.1 Å². The number of carboxylic acid groups (broad SMARTS) is 1. The van der Waals surface area contributed by atoms with Gasteiger partial charge in [0.2, 0.25) is 0 Å². The number of carbonyl (C=O) groups is 2. The van der Waals surface area contributed by atoms with E-state index < -0.39 is 23.8 Å². The zero-order valence-electron chi connectivity index (χ0n) is 12.3. The topological polar surface area (TPSA) is 88.8 Å². The van der Waals surface area contributed by atoms with Gasteiger partial charge < -0.3 is 19.6 Å². The highest BCUT2D eigenvalue weighted by Gasteiger charge is 2.31. The van der Waals surface area contributed by atoms with Gasteiger partial charge in [0.05, 0.1) is 6.54 Å². The number of nitrogens with one attached hydrogen (secondary N) is 1. The van der Waals surface area contributed by atoms with Gasteiger partial charge >= 0.3 is 5.97 Å². The van der Waals surface area contributed by atoms with Crippen LogP contribution in [0.4, 0.5) is 4.39 Å². The van der Waals surface area contributed by atoms with E-state index in [1.807, 2.05) is 0 Å². The number of amides is 1. The number of halogens is 1. The number of fused-ring (bicyclic) bond motifs is 1. The summed E-state index contributed by atoms with van der Waals surface area (Å²) in [6, 6.07) is 5.91. The predicted molar refractivity (Wildman–Crippen MR) is 76.8 cm³/mol. The second-order valence-corrected chi connectivity index (χ2v) is 5.24. The van der Waals surface area contributed by atoms with Crippen molar-refractivity contribution in [1.82, 2.24) is 5.32 Å². The lowest BCUT2D eigenvalue weighted by Crippen LogP contribution is -2.37. The second kappa shape index (κ2) is 5.75. The molecule has 0 fully saturated rings. The van der Waals surface area contributed by atoms with Crippen molar-refractivity contribution in [2.75, 3.05) is 0 Å². The maximum Gasteiger partial charge on any atom is 0.339 e. The Balaban J connectivity index is 1.62. The molecule has 2 N–H and O–H groups in total. The Hall–Kier alpha value is -2.83. The molecule has 2 aromatic rings. The van der Waals surface area contributed by atoms with Gasteiger partial charge in [0, 0.05) is 12.0 Å². The molecule has 0 saturated heterocycles. The van der Waals surface area contributed by atoms with E-state index in [-0.39, 0.29) is 30.0 Å². The number of hydrogen-bond acceptors (Lipinski definition) is 4. The fourth-order valence-corrected chi connectivity index (χ4v) is 2.51. The minimum absolute atomic E-state index is 0.0334. The zero-order valence-corrected chi connectivity index (χ0v) is 12.3. The lowest BCUT2D eigenvalue weighted by atomic mass is 10.1. The molecule has 0 unspecified atom stereocenters. The third kappa shape index (κ3) is 2.90.